The summed E-state index contributed by atoms with van der Waals surface area (Å²) in [6.07, 6.45) is 0. The van der Waals surface area contributed by atoms with Gasteiger partial charge in [-0.3, -0.25) is 0 Å². The molecule has 0 bridgehead atoms. The second-order valence-electron chi connectivity index (χ2n) is 3.68. The van der Waals surface area contributed by atoms with Gasteiger partial charge >= 0.3 is 0 Å². The Hall–Kier alpha value is -1.81. The fourth-order valence-electron chi connectivity index (χ4n) is 1.63. The first kappa shape index (κ1) is 10.4. The third-order valence-electron chi connectivity index (χ3n) is 2.46. The Balaban J connectivity index is 2.14. The van der Waals surface area contributed by atoms with Crippen molar-refractivity contribution in [1.29, 1.82) is 0 Å². The predicted molar refractivity (Wildman–Crippen MR) is 68.8 cm³/mol. The smallest absolute Gasteiger partial charge is 0.227 e. The van der Waals surface area contributed by atoms with Crippen molar-refractivity contribution in [3.05, 3.63) is 46.9 Å². The van der Waals surface area contributed by atoms with Crippen LogP contribution in [0.5, 0.6) is 5.75 Å². The number of phenols is 1. The van der Waals surface area contributed by atoms with Crippen LogP contribution in [0.1, 0.15) is 0 Å². The molecule has 0 unspecified atom stereocenters. The molecule has 1 aromatic heterocycles. The summed E-state index contributed by atoms with van der Waals surface area (Å²) in [4.78, 5) is 4.36. The number of phenolic OH excluding ortho intramolecular Hbond substituents is 1. The predicted octanol–water partition coefficient (Wildman–Crippen LogP) is 3.96. The van der Waals surface area contributed by atoms with Crippen molar-refractivity contribution in [3.63, 3.8) is 0 Å². The average molecular weight is 290 g/mol. The van der Waals surface area contributed by atoms with Crippen LogP contribution in [0.25, 0.3) is 22.6 Å². The zero-order valence-corrected chi connectivity index (χ0v) is 10.3. The molecule has 4 heteroatoms. The van der Waals surface area contributed by atoms with E-state index in [4.69, 9.17) is 4.42 Å². The monoisotopic (exact) mass is 289 g/mol. The van der Waals surface area contributed by atoms with Gasteiger partial charge in [-0.15, -0.1) is 0 Å². The molecular weight excluding hydrogens is 282 g/mol. The molecular formula is C13H8BrNO2. The zero-order valence-electron chi connectivity index (χ0n) is 8.72. The summed E-state index contributed by atoms with van der Waals surface area (Å²) in [5, 5.41) is 9.35. The number of oxazole rings is 1. The van der Waals surface area contributed by atoms with Gasteiger partial charge in [-0.05, 0) is 36.4 Å². The molecule has 0 saturated carbocycles. The number of hydrogen-bond donors (Lipinski definition) is 1. The third kappa shape index (κ3) is 1.91. The van der Waals surface area contributed by atoms with Crippen LogP contribution in [-0.4, -0.2) is 10.1 Å². The Morgan fingerprint density at radius 2 is 1.82 bits per heavy atom. The number of benzene rings is 2. The van der Waals surface area contributed by atoms with Gasteiger partial charge < -0.3 is 9.52 Å². The Kier molecular flexibility index (Phi) is 2.37. The van der Waals surface area contributed by atoms with E-state index in [0.29, 0.717) is 11.5 Å². The first-order valence-electron chi connectivity index (χ1n) is 5.08. The molecule has 2 aromatic carbocycles. The van der Waals surface area contributed by atoms with Crippen LogP contribution >= 0.6 is 15.9 Å². The highest BCUT2D eigenvalue weighted by Crippen LogP contribution is 2.27. The SMILES string of the molecule is Oc1ccc2nc(-c3ccc(Br)cc3)oc2c1. The van der Waals surface area contributed by atoms with Gasteiger partial charge in [0.05, 0.1) is 0 Å². The maximum Gasteiger partial charge on any atom is 0.227 e. The lowest BCUT2D eigenvalue weighted by molar-refractivity contribution is 0.474. The standard InChI is InChI=1S/C13H8BrNO2/c14-9-3-1-8(2-4-9)13-15-11-6-5-10(16)7-12(11)17-13/h1-7,16H. The summed E-state index contributed by atoms with van der Waals surface area (Å²) in [7, 11) is 0. The molecule has 0 aliphatic heterocycles. The minimum Gasteiger partial charge on any atom is -0.508 e. The first-order valence-corrected chi connectivity index (χ1v) is 5.87. The molecule has 3 aromatic rings. The van der Waals surface area contributed by atoms with Gasteiger partial charge in [-0.2, -0.15) is 0 Å². The van der Waals surface area contributed by atoms with Crippen molar-refractivity contribution in [3.8, 4) is 17.2 Å². The molecule has 0 saturated heterocycles. The number of nitrogens with zero attached hydrogens (tertiary/aromatic N) is 1. The van der Waals surface area contributed by atoms with Crippen LogP contribution < -0.4 is 0 Å². The van der Waals surface area contributed by atoms with E-state index in [-0.39, 0.29) is 5.75 Å². The van der Waals surface area contributed by atoms with Crippen LogP contribution in [0.2, 0.25) is 0 Å². The Bertz CT molecular complexity index is 673. The van der Waals surface area contributed by atoms with Crippen molar-refractivity contribution in [2.24, 2.45) is 0 Å². The quantitative estimate of drug-likeness (QED) is 0.737. The summed E-state index contributed by atoms with van der Waals surface area (Å²) in [5.74, 6) is 0.731. The van der Waals surface area contributed by atoms with E-state index in [1.165, 1.54) is 0 Å². The maximum atomic E-state index is 9.35. The molecule has 1 heterocycles. The lowest BCUT2D eigenvalue weighted by atomic mass is 10.2. The summed E-state index contributed by atoms with van der Waals surface area (Å²) in [5.41, 5.74) is 2.23. The fraction of sp³-hybridized carbons (Fsp3) is 0. The number of halogens is 1. The number of fused-ring (bicyclic) bond motifs is 1. The van der Waals surface area contributed by atoms with E-state index in [1.54, 1.807) is 18.2 Å². The van der Waals surface area contributed by atoms with E-state index in [9.17, 15) is 5.11 Å². The largest absolute Gasteiger partial charge is 0.508 e. The second-order valence-corrected chi connectivity index (χ2v) is 4.59. The van der Waals surface area contributed by atoms with E-state index in [1.807, 2.05) is 24.3 Å². The van der Waals surface area contributed by atoms with Gasteiger partial charge in [-0.1, -0.05) is 15.9 Å². The molecule has 0 aliphatic rings. The van der Waals surface area contributed by atoms with Gasteiger partial charge in [0.15, 0.2) is 5.58 Å². The van der Waals surface area contributed by atoms with Crippen LogP contribution in [0, 0.1) is 0 Å². The minimum absolute atomic E-state index is 0.177. The number of rotatable bonds is 1. The molecule has 1 N–H and O–H groups in total. The molecule has 0 fully saturated rings. The molecule has 0 atom stereocenters. The summed E-state index contributed by atoms with van der Waals surface area (Å²) < 4.78 is 6.60. The maximum absolute atomic E-state index is 9.35. The highest BCUT2D eigenvalue weighted by Gasteiger charge is 2.08. The second kappa shape index (κ2) is 3.89. The van der Waals surface area contributed by atoms with E-state index < -0.39 is 0 Å². The molecule has 3 nitrogen and oxygen atoms in total. The van der Waals surface area contributed by atoms with Gasteiger partial charge in [0.25, 0.3) is 0 Å². The summed E-state index contributed by atoms with van der Waals surface area (Å²) in [6, 6.07) is 12.6. The zero-order chi connectivity index (χ0) is 11.8. The van der Waals surface area contributed by atoms with Gasteiger partial charge in [-0.25, -0.2) is 4.98 Å². The highest BCUT2D eigenvalue weighted by molar-refractivity contribution is 9.10. The molecule has 84 valence electrons. The van der Waals surface area contributed by atoms with Crippen LogP contribution in [0.4, 0.5) is 0 Å². The Labute approximate surface area is 106 Å². The first-order chi connectivity index (χ1) is 8.22. The summed E-state index contributed by atoms with van der Waals surface area (Å²) in [6.45, 7) is 0. The van der Waals surface area contributed by atoms with Crippen molar-refractivity contribution in [1.82, 2.24) is 4.98 Å². The molecule has 3 rings (SSSR count). The van der Waals surface area contributed by atoms with Crippen molar-refractivity contribution in [2.75, 3.05) is 0 Å². The van der Waals surface area contributed by atoms with Crippen LogP contribution in [0.3, 0.4) is 0 Å². The topological polar surface area (TPSA) is 46.3 Å². The molecule has 0 amide bonds. The molecule has 0 spiro atoms. The van der Waals surface area contributed by atoms with Crippen molar-refractivity contribution in [2.45, 2.75) is 0 Å². The van der Waals surface area contributed by atoms with E-state index in [2.05, 4.69) is 20.9 Å². The minimum atomic E-state index is 0.177. The summed E-state index contributed by atoms with van der Waals surface area (Å²) >= 11 is 3.38. The van der Waals surface area contributed by atoms with Crippen molar-refractivity contribution >= 4 is 27.0 Å². The van der Waals surface area contributed by atoms with Gasteiger partial charge in [0, 0.05) is 16.1 Å². The highest BCUT2D eigenvalue weighted by atomic mass is 79.9. The van der Waals surface area contributed by atoms with Gasteiger partial charge in [0.2, 0.25) is 5.89 Å². The number of hydrogen-bond acceptors (Lipinski definition) is 3. The Morgan fingerprint density at radius 3 is 2.59 bits per heavy atom. The number of aromatic nitrogens is 1. The van der Waals surface area contributed by atoms with E-state index in [0.717, 1.165) is 15.6 Å². The lowest BCUT2D eigenvalue weighted by Gasteiger charge is -1.94. The molecule has 0 radical (unpaired) electrons. The molecule has 17 heavy (non-hydrogen) atoms. The van der Waals surface area contributed by atoms with Crippen LogP contribution in [-0.2, 0) is 0 Å². The average Bonchev–Trinajstić information content (AvgIpc) is 2.72. The third-order valence-corrected chi connectivity index (χ3v) is 2.99. The van der Waals surface area contributed by atoms with Crippen molar-refractivity contribution < 1.29 is 9.52 Å². The normalized spacial score (nSPS) is 10.9. The Morgan fingerprint density at radius 1 is 1.06 bits per heavy atom. The fourth-order valence-corrected chi connectivity index (χ4v) is 1.89. The number of aromatic hydroxyl groups is 1. The lowest BCUT2D eigenvalue weighted by Crippen LogP contribution is -1.75. The van der Waals surface area contributed by atoms with Crippen LogP contribution in [0.15, 0.2) is 51.4 Å². The van der Waals surface area contributed by atoms with Gasteiger partial charge in [0.1, 0.15) is 11.3 Å². The van der Waals surface area contributed by atoms with E-state index >= 15 is 0 Å². The molecule has 0 aliphatic carbocycles.